The Labute approximate surface area is 131 Å². The molecular formula is C19H23NO2. The van der Waals surface area contributed by atoms with E-state index in [1.807, 2.05) is 37.6 Å². The van der Waals surface area contributed by atoms with Crippen molar-refractivity contribution in [2.75, 3.05) is 0 Å². The minimum atomic E-state index is -0.423. The van der Waals surface area contributed by atoms with E-state index >= 15 is 0 Å². The van der Waals surface area contributed by atoms with Gasteiger partial charge >= 0.3 is 0 Å². The Kier molecular flexibility index (Phi) is 4.96. The summed E-state index contributed by atoms with van der Waals surface area (Å²) in [5, 5.41) is 1.98. The minimum absolute atomic E-state index is 0.413. The van der Waals surface area contributed by atoms with E-state index in [4.69, 9.17) is 0 Å². The standard InChI is InChI=1S/C19H23NO2/c1-5-13(4)14(6-2)18(21)19(22)16-12-20(7-3)17-11-9-8-10-15(16)17/h5-6,10-12H,7-9H2,1-4H3/b13-5-,14-6+. The van der Waals surface area contributed by atoms with E-state index < -0.39 is 11.6 Å². The Morgan fingerprint density at radius 3 is 2.45 bits per heavy atom. The fourth-order valence-corrected chi connectivity index (χ4v) is 2.86. The Bertz CT molecular complexity index is 788. The number of carbonyl (C=O) groups excluding carboxylic acids is 2. The van der Waals surface area contributed by atoms with Gasteiger partial charge in [-0.25, -0.2) is 0 Å². The van der Waals surface area contributed by atoms with Crippen LogP contribution in [-0.2, 0) is 11.3 Å². The molecule has 0 atom stereocenters. The third-order valence-corrected chi connectivity index (χ3v) is 4.20. The van der Waals surface area contributed by atoms with Crippen LogP contribution >= 0.6 is 0 Å². The minimum Gasteiger partial charge on any atom is -0.347 e. The van der Waals surface area contributed by atoms with Crippen LogP contribution in [0.5, 0.6) is 0 Å². The van der Waals surface area contributed by atoms with Gasteiger partial charge in [-0.1, -0.05) is 24.3 Å². The molecule has 3 nitrogen and oxygen atoms in total. The normalized spacial score (nSPS) is 14.9. The van der Waals surface area contributed by atoms with Crippen LogP contribution < -0.4 is 10.6 Å². The zero-order chi connectivity index (χ0) is 16.3. The molecule has 2 rings (SSSR count). The number of rotatable bonds is 5. The molecule has 1 aliphatic rings. The van der Waals surface area contributed by atoms with Crippen molar-refractivity contribution in [2.24, 2.45) is 0 Å². The molecule has 1 heterocycles. The Morgan fingerprint density at radius 2 is 1.86 bits per heavy atom. The highest BCUT2D eigenvalue weighted by molar-refractivity contribution is 6.50. The van der Waals surface area contributed by atoms with E-state index in [1.54, 1.807) is 13.0 Å². The lowest BCUT2D eigenvalue weighted by atomic mass is 9.96. The largest absolute Gasteiger partial charge is 0.347 e. The molecule has 0 bridgehead atoms. The summed E-state index contributed by atoms with van der Waals surface area (Å²) in [6, 6.07) is 0. The maximum Gasteiger partial charge on any atom is 0.235 e. The number of aryl methyl sites for hydroxylation is 1. The second kappa shape index (κ2) is 6.73. The second-order valence-corrected chi connectivity index (χ2v) is 5.45. The van der Waals surface area contributed by atoms with Crippen LogP contribution in [0.25, 0.3) is 12.2 Å². The van der Waals surface area contributed by atoms with Gasteiger partial charge in [0.25, 0.3) is 0 Å². The van der Waals surface area contributed by atoms with Crippen LogP contribution in [-0.4, -0.2) is 16.1 Å². The van der Waals surface area contributed by atoms with Gasteiger partial charge in [-0.15, -0.1) is 0 Å². The first-order chi connectivity index (χ1) is 10.5. The van der Waals surface area contributed by atoms with Crippen LogP contribution in [0.2, 0.25) is 0 Å². The van der Waals surface area contributed by atoms with Gasteiger partial charge in [0.05, 0.1) is 5.56 Å². The maximum absolute atomic E-state index is 12.7. The monoisotopic (exact) mass is 297 g/mol. The SMILES string of the molecule is C/C=C(C)\C(=C/C)C(=O)C(=O)c1cn(CC)c2c1=CCCC=2. The van der Waals surface area contributed by atoms with Crippen molar-refractivity contribution in [3.05, 3.63) is 45.6 Å². The number of carbonyl (C=O) groups is 2. The molecule has 0 radical (unpaired) electrons. The quantitative estimate of drug-likeness (QED) is 0.362. The van der Waals surface area contributed by atoms with Crippen LogP contribution in [0, 0.1) is 0 Å². The van der Waals surface area contributed by atoms with Gasteiger partial charge in [-0.2, -0.15) is 0 Å². The van der Waals surface area contributed by atoms with Crippen molar-refractivity contribution in [3.8, 4) is 0 Å². The number of nitrogens with zero attached hydrogens (tertiary/aromatic N) is 1. The molecule has 0 amide bonds. The van der Waals surface area contributed by atoms with Crippen LogP contribution in [0.3, 0.4) is 0 Å². The van der Waals surface area contributed by atoms with Gasteiger partial charge in [-0.05, 0) is 46.1 Å². The molecule has 1 aromatic rings. The number of ketones is 2. The summed E-state index contributed by atoms with van der Waals surface area (Å²) in [7, 11) is 0. The number of aromatic nitrogens is 1. The molecule has 0 N–H and O–H groups in total. The molecule has 1 aromatic heterocycles. The summed E-state index contributed by atoms with van der Waals surface area (Å²) in [6.45, 7) is 8.35. The highest BCUT2D eigenvalue weighted by Gasteiger charge is 2.24. The van der Waals surface area contributed by atoms with Crippen molar-refractivity contribution in [3.63, 3.8) is 0 Å². The Morgan fingerprint density at radius 1 is 1.18 bits per heavy atom. The van der Waals surface area contributed by atoms with E-state index in [0.717, 1.165) is 35.5 Å². The maximum atomic E-state index is 12.7. The van der Waals surface area contributed by atoms with Crippen LogP contribution in [0.4, 0.5) is 0 Å². The van der Waals surface area contributed by atoms with E-state index in [1.165, 1.54) is 0 Å². The topological polar surface area (TPSA) is 39.1 Å². The van der Waals surface area contributed by atoms with Crippen molar-refractivity contribution >= 4 is 23.7 Å². The van der Waals surface area contributed by atoms with E-state index in [-0.39, 0.29) is 0 Å². The summed E-state index contributed by atoms with van der Waals surface area (Å²) in [4.78, 5) is 25.3. The second-order valence-electron chi connectivity index (χ2n) is 5.45. The van der Waals surface area contributed by atoms with Gasteiger partial charge in [0.15, 0.2) is 0 Å². The molecular weight excluding hydrogens is 274 g/mol. The first kappa shape index (κ1) is 16.2. The van der Waals surface area contributed by atoms with Crippen molar-refractivity contribution in [1.29, 1.82) is 0 Å². The molecule has 116 valence electrons. The zero-order valence-corrected chi connectivity index (χ0v) is 13.8. The zero-order valence-electron chi connectivity index (χ0n) is 13.8. The number of hydrogen-bond donors (Lipinski definition) is 0. The summed E-state index contributed by atoms with van der Waals surface area (Å²) in [5.41, 5.74) is 1.85. The average molecular weight is 297 g/mol. The lowest BCUT2D eigenvalue weighted by Crippen LogP contribution is -2.34. The fourth-order valence-electron chi connectivity index (χ4n) is 2.86. The van der Waals surface area contributed by atoms with Crippen molar-refractivity contribution in [2.45, 2.75) is 47.1 Å². The van der Waals surface area contributed by atoms with Crippen LogP contribution in [0.1, 0.15) is 50.9 Å². The molecule has 3 heteroatoms. The summed E-state index contributed by atoms with van der Waals surface area (Å²) in [5.74, 6) is -0.836. The third kappa shape index (κ3) is 2.76. The molecule has 0 unspecified atom stereocenters. The molecule has 22 heavy (non-hydrogen) atoms. The highest BCUT2D eigenvalue weighted by atomic mass is 16.2. The van der Waals surface area contributed by atoms with Gasteiger partial charge in [-0.3, -0.25) is 9.59 Å². The molecule has 0 aromatic carbocycles. The predicted molar refractivity (Wildman–Crippen MR) is 90.0 cm³/mol. The highest BCUT2D eigenvalue weighted by Crippen LogP contribution is 2.13. The van der Waals surface area contributed by atoms with E-state index in [2.05, 4.69) is 12.2 Å². The van der Waals surface area contributed by atoms with Gasteiger partial charge in [0, 0.05) is 28.9 Å². The Balaban J connectivity index is 2.52. The van der Waals surface area contributed by atoms with Gasteiger partial charge in [0.2, 0.25) is 11.6 Å². The van der Waals surface area contributed by atoms with Gasteiger partial charge in [0.1, 0.15) is 0 Å². The first-order valence-corrected chi connectivity index (χ1v) is 7.83. The lowest BCUT2D eigenvalue weighted by molar-refractivity contribution is -0.111. The number of fused-ring (bicyclic) bond motifs is 1. The number of hydrogen-bond acceptors (Lipinski definition) is 2. The molecule has 0 aliphatic heterocycles. The van der Waals surface area contributed by atoms with Crippen molar-refractivity contribution < 1.29 is 9.59 Å². The average Bonchev–Trinajstić information content (AvgIpc) is 2.93. The predicted octanol–water partition coefficient (Wildman–Crippen LogP) is 2.53. The first-order valence-electron chi connectivity index (χ1n) is 7.83. The number of allylic oxidation sites excluding steroid dienone is 4. The van der Waals surface area contributed by atoms with E-state index in [0.29, 0.717) is 11.1 Å². The molecule has 0 saturated carbocycles. The molecule has 1 aliphatic carbocycles. The summed E-state index contributed by atoms with van der Waals surface area (Å²) >= 11 is 0. The fraction of sp³-hybridized carbons (Fsp3) is 0.368. The Hall–Kier alpha value is -2.16. The van der Waals surface area contributed by atoms with Crippen LogP contribution in [0.15, 0.2) is 29.5 Å². The molecule has 0 spiro atoms. The third-order valence-electron chi connectivity index (χ3n) is 4.20. The van der Waals surface area contributed by atoms with E-state index in [9.17, 15) is 9.59 Å². The summed E-state index contributed by atoms with van der Waals surface area (Å²) in [6.07, 6.45) is 11.5. The summed E-state index contributed by atoms with van der Waals surface area (Å²) < 4.78 is 2.04. The van der Waals surface area contributed by atoms with Crippen molar-refractivity contribution in [1.82, 2.24) is 4.57 Å². The molecule has 0 fully saturated rings. The smallest absolute Gasteiger partial charge is 0.235 e. The molecule has 0 saturated heterocycles. The lowest BCUT2D eigenvalue weighted by Gasteiger charge is -2.05. The van der Waals surface area contributed by atoms with Gasteiger partial charge < -0.3 is 4.57 Å². The number of Topliss-reactive ketones (excluding diaryl/α,β-unsaturated/α-hetero) is 2.